The summed E-state index contributed by atoms with van der Waals surface area (Å²) in [4.78, 5) is 10.8. The van der Waals surface area contributed by atoms with Crippen LogP contribution in [0.4, 0.5) is 5.69 Å². The van der Waals surface area contributed by atoms with E-state index in [2.05, 4.69) is 4.74 Å². The number of sulfonamides is 1. The van der Waals surface area contributed by atoms with E-state index < -0.39 is 21.7 Å². The lowest BCUT2D eigenvalue weighted by Gasteiger charge is -2.08. The van der Waals surface area contributed by atoms with Gasteiger partial charge in [0.2, 0.25) is 10.0 Å². The van der Waals surface area contributed by atoms with Crippen molar-refractivity contribution in [2.75, 3.05) is 17.6 Å². The molecule has 0 atom stereocenters. The van der Waals surface area contributed by atoms with Crippen molar-refractivity contribution in [2.45, 2.75) is 0 Å². The summed E-state index contributed by atoms with van der Waals surface area (Å²) in [5.74, 6) is -2.03. The predicted molar refractivity (Wildman–Crippen MR) is 62.5 cm³/mol. The van der Waals surface area contributed by atoms with Crippen LogP contribution in [0.15, 0.2) is 18.2 Å². The van der Waals surface area contributed by atoms with Crippen LogP contribution in [-0.2, 0) is 19.6 Å². The molecule has 0 heterocycles. The number of phenolic OH excluding ortho intramolecular Hbond substituents is 1. The summed E-state index contributed by atoms with van der Waals surface area (Å²) in [5.41, 5.74) is -0.0959. The Morgan fingerprint density at radius 3 is 2.76 bits per heavy atom. The number of hydrogen-bond acceptors (Lipinski definition) is 5. The fourth-order valence-corrected chi connectivity index (χ4v) is 2.18. The van der Waals surface area contributed by atoms with Crippen LogP contribution < -0.4 is 4.72 Å². The minimum atomic E-state index is -3.93. The number of phenols is 1. The second kappa shape index (κ2) is 5.24. The minimum absolute atomic E-state index is 0.0959. The third kappa shape index (κ3) is 4.12. The highest BCUT2D eigenvalue weighted by Gasteiger charge is 2.18. The minimum Gasteiger partial charge on any atom is -0.506 e. The van der Waals surface area contributed by atoms with Gasteiger partial charge in [0.1, 0.15) is 5.75 Å². The molecule has 0 saturated carbocycles. The summed E-state index contributed by atoms with van der Waals surface area (Å²) < 4.78 is 29.2. The Bertz CT molecular complexity index is 528. The van der Waals surface area contributed by atoms with Crippen LogP contribution in [-0.4, -0.2) is 32.4 Å². The fraction of sp³-hybridized carbons (Fsp3) is 0.222. The molecule has 0 aliphatic heterocycles. The van der Waals surface area contributed by atoms with E-state index in [1.54, 1.807) is 0 Å². The third-order valence-electron chi connectivity index (χ3n) is 1.76. The number of hydrogen-bond donors (Lipinski definition) is 2. The molecule has 0 amide bonds. The van der Waals surface area contributed by atoms with Crippen LogP contribution in [0.3, 0.4) is 0 Å². The molecular formula is C9H10ClNO5S. The van der Waals surface area contributed by atoms with Crippen molar-refractivity contribution in [3.8, 4) is 5.75 Å². The Kier molecular flexibility index (Phi) is 4.19. The van der Waals surface area contributed by atoms with Gasteiger partial charge in [0, 0.05) is 5.02 Å². The molecule has 2 N–H and O–H groups in total. The quantitative estimate of drug-likeness (QED) is 0.632. The first-order chi connectivity index (χ1) is 7.84. The molecule has 0 fully saturated rings. The normalized spacial score (nSPS) is 10.9. The molecule has 1 rings (SSSR count). The highest BCUT2D eigenvalue weighted by Crippen LogP contribution is 2.27. The van der Waals surface area contributed by atoms with Gasteiger partial charge in [-0.1, -0.05) is 11.6 Å². The first-order valence-electron chi connectivity index (χ1n) is 4.40. The number of ether oxygens (including phenoxy) is 1. The average Bonchev–Trinajstić information content (AvgIpc) is 2.22. The molecule has 1 aromatic rings. The van der Waals surface area contributed by atoms with Gasteiger partial charge in [0.15, 0.2) is 5.75 Å². The number of carbonyl (C=O) groups excluding carboxylic acids is 1. The second-order valence-corrected chi connectivity index (χ2v) is 5.26. The van der Waals surface area contributed by atoms with Crippen molar-refractivity contribution in [2.24, 2.45) is 0 Å². The summed E-state index contributed by atoms with van der Waals surface area (Å²) in [7, 11) is -2.85. The smallest absolute Gasteiger partial charge is 0.322 e. The van der Waals surface area contributed by atoms with E-state index in [9.17, 15) is 18.3 Å². The monoisotopic (exact) mass is 279 g/mol. The van der Waals surface area contributed by atoms with Gasteiger partial charge < -0.3 is 9.84 Å². The SMILES string of the molecule is COC(=O)CS(=O)(=O)Nc1cc(Cl)ccc1O. The number of benzene rings is 1. The van der Waals surface area contributed by atoms with E-state index in [0.717, 1.165) is 7.11 Å². The molecule has 94 valence electrons. The maximum Gasteiger partial charge on any atom is 0.322 e. The highest BCUT2D eigenvalue weighted by molar-refractivity contribution is 7.93. The number of carbonyl (C=O) groups is 1. The van der Waals surface area contributed by atoms with Gasteiger partial charge in [0.25, 0.3) is 0 Å². The number of aromatic hydroxyl groups is 1. The first kappa shape index (κ1) is 13.6. The van der Waals surface area contributed by atoms with Crippen LogP contribution in [0.2, 0.25) is 5.02 Å². The molecule has 0 bridgehead atoms. The number of nitrogens with one attached hydrogen (secondary N) is 1. The van der Waals surface area contributed by atoms with Gasteiger partial charge in [0.05, 0.1) is 12.8 Å². The summed E-state index contributed by atoms with van der Waals surface area (Å²) >= 11 is 5.64. The molecule has 0 spiro atoms. The first-order valence-corrected chi connectivity index (χ1v) is 6.43. The standard InChI is InChI=1S/C9H10ClNO5S/c1-16-9(13)5-17(14,15)11-7-4-6(10)2-3-8(7)12/h2-4,11-12H,5H2,1H3. The zero-order chi connectivity index (χ0) is 13.1. The van der Waals surface area contributed by atoms with E-state index in [4.69, 9.17) is 11.6 Å². The van der Waals surface area contributed by atoms with Crippen LogP contribution in [0, 0.1) is 0 Å². The summed E-state index contributed by atoms with van der Waals surface area (Å²) in [6, 6.07) is 3.86. The van der Waals surface area contributed by atoms with Gasteiger partial charge in [-0.2, -0.15) is 0 Å². The maximum atomic E-state index is 11.5. The summed E-state index contributed by atoms with van der Waals surface area (Å²) in [6.45, 7) is 0. The largest absolute Gasteiger partial charge is 0.506 e. The Hall–Kier alpha value is -1.47. The Labute approximate surface area is 103 Å². The topological polar surface area (TPSA) is 92.7 Å². The number of halogens is 1. The molecule has 0 aromatic heterocycles. The Balaban J connectivity index is 2.90. The molecule has 1 aromatic carbocycles. The zero-order valence-corrected chi connectivity index (χ0v) is 10.4. The van der Waals surface area contributed by atoms with Crippen LogP contribution >= 0.6 is 11.6 Å². The van der Waals surface area contributed by atoms with Crippen LogP contribution in [0.25, 0.3) is 0 Å². The van der Waals surface area contributed by atoms with Crippen LogP contribution in [0.5, 0.6) is 5.75 Å². The van der Waals surface area contributed by atoms with Gasteiger partial charge in [-0.3, -0.25) is 9.52 Å². The Morgan fingerprint density at radius 2 is 2.18 bits per heavy atom. The van der Waals surface area contributed by atoms with E-state index in [-0.39, 0.29) is 16.5 Å². The van der Waals surface area contributed by atoms with Gasteiger partial charge >= 0.3 is 5.97 Å². The average molecular weight is 280 g/mol. The van der Waals surface area contributed by atoms with Crippen molar-refractivity contribution in [3.63, 3.8) is 0 Å². The number of esters is 1. The summed E-state index contributed by atoms with van der Waals surface area (Å²) in [5, 5.41) is 9.64. The number of methoxy groups -OCH3 is 1. The number of rotatable bonds is 4. The molecule has 0 unspecified atom stereocenters. The molecule has 0 radical (unpaired) electrons. The number of anilines is 1. The highest BCUT2D eigenvalue weighted by atomic mass is 35.5. The van der Waals surface area contributed by atoms with Crippen molar-refractivity contribution < 1.29 is 23.1 Å². The van der Waals surface area contributed by atoms with Gasteiger partial charge in [-0.15, -0.1) is 0 Å². The molecular weight excluding hydrogens is 270 g/mol. The van der Waals surface area contributed by atoms with E-state index in [1.807, 2.05) is 4.72 Å². The maximum absolute atomic E-state index is 11.5. The predicted octanol–water partition coefficient (Wildman–Crippen LogP) is 0.960. The van der Waals surface area contributed by atoms with E-state index in [0.29, 0.717) is 0 Å². The Morgan fingerprint density at radius 1 is 1.53 bits per heavy atom. The van der Waals surface area contributed by atoms with Crippen LogP contribution in [0.1, 0.15) is 0 Å². The molecule has 0 aliphatic rings. The van der Waals surface area contributed by atoms with Crippen molar-refractivity contribution >= 4 is 33.3 Å². The lowest BCUT2D eigenvalue weighted by Crippen LogP contribution is -2.23. The van der Waals surface area contributed by atoms with Crippen molar-refractivity contribution in [1.29, 1.82) is 0 Å². The van der Waals surface area contributed by atoms with Gasteiger partial charge in [-0.05, 0) is 18.2 Å². The van der Waals surface area contributed by atoms with Crippen molar-refractivity contribution in [3.05, 3.63) is 23.2 Å². The van der Waals surface area contributed by atoms with E-state index >= 15 is 0 Å². The molecule has 8 heteroatoms. The fourth-order valence-electron chi connectivity index (χ4n) is 1.01. The second-order valence-electron chi connectivity index (χ2n) is 3.10. The zero-order valence-electron chi connectivity index (χ0n) is 8.81. The third-order valence-corrected chi connectivity index (χ3v) is 3.14. The molecule has 0 aliphatic carbocycles. The van der Waals surface area contributed by atoms with Crippen molar-refractivity contribution in [1.82, 2.24) is 0 Å². The lowest BCUT2D eigenvalue weighted by molar-refractivity contribution is -0.137. The molecule has 17 heavy (non-hydrogen) atoms. The lowest BCUT2D eigenvalue weighted by atomic mass is 10.3. The molecule has 6 nitrogen and oxygen atoms in total. The molecule has 0 saturated heterocycles. The van der Waals surface area contributed by atoms with Gasteiger partial charge in [-0.25, -0.2) is 8.42 Å². The van der Waals surface area contributed by atoms with E-state index in [1.165, 1.54) is 18.2 Å². The summed E-state index contributed by atoms with van der Waals surface area (Å²) in [6.07, 6.45) is 0.